The third-order valence-corrected chi connectivity index (χ3v) is 1.86. The van der Waals surface area contributed by atoms with Gasteiger partial charge in [0.05, 0.1) is 6.42 Å². The van der Waals surface area contributed by atoms with Gasteiger partial charge in [0, 0.05) is 0 Å². The fourth-order valence-corrected chi connectivity index (χ4v) is 0.687. The molecule has 2 nitrogen and oxygen atoms in total. The predicted molar refractivity (Wildman–Crippen MR) is 40.8 cm³/mol. The van der Waals surface area contributed by atoms with E-state index in [2.05, 4.69) is 6.58 Å². The van der Waals surface area contributed by atoms with E-state index < -0.39 is 5.97 Å². The number of aliphatic carboxylic acids is 1. The van der Waals surface area contributed by atoms with Crippen molar-refractivity contribution in [2.45, 2.75) is 26.7 Å². The molecule has 0 aromatic heterocycles. The lowest BCUT2D eigenvalue weighted by Crippen LogP contribution is -2.16. The van der Waals surface area contributed by atoms with Crippen LogP contribution in [0.1, 0.15) is 26.7 Å². The molecule has 0 spiro atoms. The zero-order valence-corrected chi connectivity index (χ0v) is 6.55. The van der Waals surface area contributed by atoms with Gasteiger partial charge >= 0.3 is 5.97 Å². The van der Waals surface area contributed by atoms with Gasteiger partial charge < -0.3 is 5.11 Å². The van der Waals surface area contributed by atoms with Crippen LogP contribution in [0, 0.1) is 5.41 Å². The van der Waals surface area contributed by atoms with E-state index in [0.29, 0.717) is 0 Å². The van der Waals surface area contributed by atoms with Crippen molar-refractivity contribution in [1.82, 2.24) is 0 Å². The SMILES string of the molecule is C=CC(C)(CC)CC(=O)O. The number of hydrogen-bond acceptors (Lipinski definition) is 1. The van der Waals surface area contributed by atoms with Crippen LogP contribution in [0.3, 0.4) is 0 Å². The Morgan fingerprint density at radius 3 is 2.40 bits per heavy atom. The van der Waals surface area contributed by atoms with Gasteiger partial charge in [-0.15, -0.1) is 6.58 Å². The minimum Gasteiger partial charge on any atom is -0.481 e. The predicted octanol–water partition coefficient (Wildman–Crippen LogP) is 2.06. The van der Waals surface area contributed by atoms with Crippen LogP contribution in [-0.4, -0.2) is 11.1 Å². The molecule has 0 amide bonds. The largest absolute Gasteiger partial charge is 0.481 e. The van der Waals surface area contributed by atoms with E-state index in [-0.39, 0.29) is 11.8 Å². The smallest absolute Gasteiger partial charge is 0.304 e. The van der Waals surface area contributed by atoms with Gasteiger partial charge in [0.1, 0.15) is 0 Å². The Hall–Kier alpha value is -0.790. The van der Waals surface area contributed by atoms with E-state index in [1.807, 2.05) is 13.8 Å². The second kappa shape index (κ2) is 3.40. The van der Waals surface area contributed by atoms with Crippen LogP contribution in [0.15, 0.2) is 12.7 Å². The number of rotatable bonds is 4. The molecule has 0 radical (unpaired) electrons. The van der Waals surface area contributed by atoms with Gasteiger partial charge in [0.15, 0.2) is 0 Å². The first-order chi connectivity index (χ1) is 4.54. The Balaban J connectivity index is 4.05. The average molecular weight is 142 g/mol. The fraction of sp³-hybridized carbons (Fsp3) is 0.625. The maximum absolute atomic E-state index is 10.3. The van der Waals surface area contributed by atoms with Crippen LogP contribution < -0.4 is 0 Å². The average Bonchev–Trinajstić information content (AvgIpc) is 1.87. The first-order valence-electron chi connectivity index (χ1n) is 3.39. The normalized spacial score (nSPS) is 15.8. The summed E-state index contributed by atoms with van der Waals surface area (Å²) in [7, 11) is 0. The third-order valence-electron chi connectivity index (χ3n) is 1.86. The van der Waals surface area contributed by atoms with Crippen molar-refractivity contribution in [1.29, 1.82) is 0 Å². The number of hydrogen-bond donors (Lipinski definition) is 1. The molecule has 0 saturated carbocycles. The van der Waals surface area contributed by atoms with Gasteiger partial charge in [-0.05, 0) is 11.8 Å². The molecular weight excluding hydrogens is 128 g/mol. The van der Waals surface area contributed by atoms with Crippen molar-refractivity contribution in [3.05, 3.63) is 12.7 Å². The monoisotopic (exact) mass is 142 g/mol. The van der Waals surface area contributed by atoms with Gasteiger partial charge in [-0.1, -0.05) is 19.9 Å². The van der Waals surface area contributed by atoms with Gasteiger partial charge in [0.2, 0.25) is 0 Å². The van der Waals surface area contributed by atoms with Gasteiger partial charge in [-0.3, -0.25) is 4.79 Å². The summed E-state index contributed by atoms with van der Waals surface area (Å²) in [6.07, 6.45) is 2.71. The second-order valence-corrected chi connectivity index (χ2v) is 2.78. The lowest BCUT2D eigenvalue weighted by Gasteiger charge is -2.20. The molecule has 0 saturated heterocycles. The number of carboxylic acids is 1. The summed E-state index contributed by atoms with van der Waals surface area (Å²) in [5, 5.41) is 8.46. The van der Waals surface area contributed by atoms with E-state index in [9.17, 15) is 4.79 Å². The summed E-state index contributed by atoms with van der Waals surface area (Å²) < 4.78 is 0. The molecule has 0 aliphatic carbocycles. The highest BCUT2D eigenvalue weighted by molar-refractivity contribution is 5.68. The minimum absolute atomic E-state index is 0.174. The molecule has 1 N–H and O–H groups in total. The van der Waals surface area contributed by atoms with Crippen molar-refractivity contribution < 1.29 is 9.90 Å². The van der Waals surface area contributed by atoms with Crippen molar-refractivity contribution >= 4 is 5.97 Å². The Labute approximate surface area is 61.6 Å². The highest BCUT2D eigenvalue weighted by atomic mass is 16.4. The molecule has 0 aromatic rings. The molecule has 0 aliphatic rings. The van der Waals surface area contributed by atoms with Gasteiger partial charge in [0.25, 0.3) is 0 Å². The summed E-state index contributed by atoms with van der Waals surface area (Å²) in [6.45, 7) is 7.45. The summed E-state index contributed by atoms with van der Waals surface area (Å²) in [4.78, 5) is 10.3. The Morgan fingerprint density at radius 1 is 1.80 bits per heavy atom. The van der Waals surface area contributed by atoms with Crippen LogP contribution in [0.5, 0.6) is 0 Å². The van der Waals surface area contributed by atoms with Crippen molar-refractivity contribution in [3.63, 3.8) is 0 Å². The highest BCUT2D eigenvalue weighted by Gasteiger charge is 2.20. The van der Waals surface area contributed by atoms with Crippen LogP contribution in [-0.2, 0) is 4.79 Å². The van der Waals surface area contributed by atoms with E-state index >= 15 is 0 Å². The zero-order valence-electron chi connectivity index (χ0n) is 6.55. The molecule has 0 fully saturated rings. The summed E-state index contributed by atoms with van der Waals surface area (Å²) in [6, 6.07) is 0. The molecule has 0 aromatic carbocycles. The number of allylic oxidation sites excluding steroid dienone is 1. The van der Waals surface area contributed by atoms with E-state index in [4.69, 9.17) is 5.11 Å². The zero-order chi connectivity index (χ0) is 8.20. The topological polar surface area (TPSA) is 37.3 Å². The molecular formula is C8H14O2. The maximum Gasteiger partial charge on any atom is 0.304 e. The Kier molecular flexibility index (Phi) is 3.13. The number of carbonyl (C=O) groups is 1. The molecule has 0 bridgehead atoms. The van der Waals surface area contributed by atoms with Crippen molar-refractivity contribution in [3.8, 4) is 0 Å². The summed E-state index contributed by atoms with van der Waals surface area (Å²) in [5.74, 6) is -0.760. The van der Waals surface area contributed by atoms with Crippen LogP contribution in [0.25, 0.3) is 0 Å². The van der Waals surface area contributed by atoms with Gasteiger partial charge in [-0.25, -0.2) is 0 Å². The summed E-state index contributed by atoms with van der Waals surface area (Å²) in [5.41, 5.74) is -0.230. The van der Waals surface area contributed by atoms with Crippen molar-refractivity contribution in [2.24, 2.45) is 5.41 Å². The third kappa shape index (κ3) is 2.67. The molecule has 10 heavy (non-hydrogen) atoms. The van der Waals surface area contributed by atoms with Crippen LogP contribution in [0.2, 0.25) is 0 Å². The lowest BCUT2D eigenvalue weighted by atomic mass is 9.84. The molecule has 0 aliphatic heterocycles. The quantitative estimate of drug-likeness (QED) is 0.610. The number of carboxylic acid groups (broad SMARTS) is 1. The first-order valence-corrected chi connectivity index (χ1v) is 3.39. The fourth-order valence-electron chi connectivity index (χ4n) is 0.687. The van der Waals surface area contributed by atoms with E-state index in [1.165, 1.54) is 0 Å². The molecule has 2 heteroatoms. The highest BCUT2D eigenvalue weighted by Crippen LogP contribution is 2.26. The molecule has 1 atom stereocenters. The standard InChI is InChI=1S/C8H14O2/c1-4-8(3,5-2)6-7(9)10/h4H,1,5-6H2,2-3H3,(H,9,10). The molecule has 0 heterocycles. The minimum atomic E-state index is -0.760. The van der Waals surface area contributed by atoms with Crippen LogP contribution >= 0.6 is 0 Å². The molecule has 1 unspecified atom stereocenters. The van der Waals surface area contributed by atoms with E-state index in [1.54, 1.807) is 6.08 Å². The summed E-state index contributed by atoms with van der Waals surface area (Å²) >= 11 is 0. The van der Waals surface area contributed by atoms with Crippen LogP contribution in [0.4, 0.5) is 0 Å². The van der Waals surface area contributed by atoms with E-state index in [0.717, 1.165) is 6.42 Å². The second-order valence-electron chi connectivity index (χ2n) is 2.78. The molecule has 0 rings (SSSR count). The first kappa shape index (κ1) is 9.21. The lowest BCUT2D eigenvalue weighted by molar-refractivity contribution is -0.138. The molecule has 58 valence electrons. The maximum atomic E-state index is 10.3. The Morgan fingerprint density at radius 2 is 2.30 bits per heavy atom. The Bertz CT molecular complexity index is 140. The van der Waals surface area contributed by atoms with Gasteiger partial charge in [-0.2, -0.15) is 0 Å². The van der Waals surface area contributed by atoms with Crippen molar-refractivity contribution in [2.75, 3.05) is 0 Å².